The molecule has 3 aliphatic rings. The van der Waals surface area contributed by atoms with Crippen LogP contribution >= 0.6 is 0 Å². The third kappa shape index (κ3) is 3.62. The van der Waals surface area contributed by atoms with Crippen LogP contribution in [0.15, 0.2) is 49.1 Å². The van der Waals surface area contributed by atoms with Crippen molar-refractivity contribution in [3.8, 4) is 0 Å². The molecule has 1 spiro atoms. The SMILES string of the molecule is C=CCN1C(=O)[C@@H]2[C@H](C(=O)NCc3ccc(F)cc3)[C@H]3C=C[C@@]2(O3)[C@@H]1C(=O)NC(C)(C)C. The highest BCUT2D eigenvalue weighted by atomic mass is 19.1. The van der Waals surface area contributed by atoms with E-state index < -0.39 is 35.1 Å². The second-order valence-electron chi connectivity index (χ2n) is 9.56. The van der Waals surface area contributed by atoms with Crippen LogP contribution in [0.5, 0.6) is 0 Å². The van der Waals surface area contributed by atoms with Crippen molar-refractivity contribution in [2.45, 2.75) is 50.6 Å². The van der Waals surface area contributed by atoms with Crippen LogP contribution in [0.2, 0.25) is 0 Å². The first-order valence-corrected chi connectivity index (χ1v) is 10.7. The summed E-state index contributed by atoms with van der Waals surface area (Å²) in [6.45, 7) is 9.68. The number of nitrogens with zero attached hydrogens (tertiary/aromatic N) is 1. The lowest BCUT2D eigenvalue weighted by Gasteiger charge is -2.34. The summed E-state index contributed by atoms with van der Waals surface area (Å²) in [5.74, 6) is -2.87. The lowest BCUT2D eigenvalue weighted by atomic mass is 9.74. The van der Waals surface area contributed by atoms with E-state index in [2.05, 4.69) is 17.2 Å². The maximum Gasteiger partial charge on any atom is 0.246 e. The molecular formula is C24H28FN3O4. The van der Waals surface area contributed by atoms with Crippen molar-refractivity contribution in [2.75, 3.05) is 6.54 Å². The summed E-state index contributed by atoms with van der Waals surface area (Å²) in [7, 11) is 0. The van der Waals surface area contributed by atoms with E-state index in [1.54, 1.807) is 30.4 Å². The Balaban J connectivity index is 1.60. The number of ether oxygens (including phenoxy) is 1. The number of rotatable bonds is 6. The Labute approximate surface area is 186 Å². The van der Waals surface area contributed by atoms with Crippen LogP contribution < -0.4 is 10.6 Å². The predicted octanol–water partition coefficient (Wildman–Crippen LogP) is 1.69. The summed E-state index contributed by atoms with van der Waals surface area (Å²) < 4.78 is 19.3. The standard InChI is InChI=1S/C24H28FN3O4/c1-5-12-28-19(21(30)27-23(2,3)4)24-11-10-16(32-24)17(18(24)22(28)31)20(29)26-13-14-6-8-15(25)9-7-14/h5-11,16-19H,1,12-13H2,2-4H3,(H,26,29)(H,27,30)/t16-,17-,18+,19+,24+/m1/s1. The van der Waals surface area contributed by atoms with Crippen molar-refractivity contribution in [1.29, 1.82) is 0 Å². The highest BCUT2D eigenvalue weighted by Gasteiger charge is 2.72. The lowest BCUT2D eigenvalue weighted by molar-refractivity contribution is -0.141. The van der Waals surface area contributed by atoms with E-state index in [4.69, 9.17) is 4.74 Å². The molecule has 0 saturated carbocycles. The Morgan fingerprint density at radius 2 is 1.94 bits per heavy atom. The van der Waals surface area contributed by atoms with Gasteiger partial charge in [0.15, 0.2) is 0 Å². The zero-order valence-electron chi connectivity index (χ0n) is 18.4. The molecule has 32 heavy (non-hydrogen) atoms. The highest BCUT2D eigenvalue weighted by Crippen LogP contribution is 2.55. The molecule has 1 aromatic rings. The molecule has 1 aromatic carbocycles. The van der Waals surface area contributed by atoms with Gasteiger partial charge in [-0.1, -0.05) is 30.4 Å². The Bertz CT molecular complexity index is 984. The average molecular weight is 442 g/mol. The molecule has 4 rings (SSSR count). The fourth-order valence-corrected chi connectivity index (χ4v) is 4.95. The van der Waals surface area contributed by atoms with Gasteiger partial charge in [0.2, 0.25) is 17.7 Å². The van der Waals surface area contributed by atoms with E-state index in [9.17, 15) is 18.8 Å². The second kappa shape index (κ2) is 7.85. The van der Waals surface area contributed by atoms with Gasteiger partial charge in [-0.15, -0.1) is 6.58 Å². The quantitative estimate of drug-likeness (QED) is 0.658. The molecular weight excluding hydrogens is 413 g/mol. The number of hydrogen-bond acceptors (Lipinski definition) is 4. The molecule has 2 fully saturated rings. The third-order valence-electron chi connectivity index (χ3n) is 6.13. The van der Waals surface area contributed by atoms with Crippen LogP contribution in [-0.4, -0.2) is 52.5 Å². The molecule has 170 valence electrons. The number of carbonyl (C=O) groups is 3. The fourth-order valence-electron chi connectivity index (χ4n) is 4.95. The molecule has 2 N–H and O–H groups in total. The van der Waals surface area contributed by atoms with E-state index in [0.29, 0.717) is 0 Å². The predicted molar refractivity (Wildman–Crippen MR) is 116 cm³/mol. The average Bonchev–Trinajstić information content (AvgIpc) is 3.34. The molecule has 3 aliphatic heterocycles. The summed E-state index contributed by atoms with van der Waals surface area (Å²) in [5.41, 5.74) is -0.957. The number of benzene rings is 1. The largest absolute Gasteiger partial charge is 0.359 e. The van der Waals surface area contributed by atoms with Crippen molar-refractivity contribution < 1.29 is 23.5 Å². The van der Waals surface area contributed by atoms with E-state index in [1.165, 1.54) is 17.0 Å². The van der Waals surface area contributed by atoms with Gasteiger partial charge in [-0.3, -0.25) is 14.4 Å². The molecule has 0 unspecified atom stereocenters. The summed E-state index contributed by atoms with van der Waals surface area (Å²) in [6.07, 6.45) is 4.50. The van der Waals surface area contributed by atoms with Gasteiger partial charge in [-0.2, -0.15) is 0 Å². The second-order valence-corrected chi connectivity index (χ2v) is 9.56. The molecule has 8 heteroatoms. The molecule has 2 bridgehead atoms. The van der Waals surface area contributed by atoms with Gasteiger partial charge in [0.05, 0.1) is 17.9 Å². The first-order valence-electron chi connectivity index (χ1n) is 10.7. The van der Waals surface area contributed by atoms with E-state index >= 15 is 0 Å². The van der Waals surface area contributed by atoms with Crippen molar-refractivity contribution in [2.24, 2.45) is 11.8 Å². The molecule has 5 atom stereocenters. The van der Waals surface area contributed by atoms with Gasteiger partial charge in [0.25, 0.3) is 0 Å². The number of fused-ring (bicyclic) bond motifs is 1. The number of halogens is 1. The summed E-state index contributed by atoms with van der Waals surface area (Å²) in [6, 6.07) is 4.94. The van der Waals surface area contributed by atoms with Crippen LogP contribution in [0, 0.1) is 17.7 Å². The zero-order chi connectivity index (χ0) is 23.3. The van der Waals surface area contributed by atoms with Gasteiger partial charge in [0.1, 0.15) is 17.5 Å². The number of hydrogen-bond donors (Lipinski definition) is 2. The van der Waals surface area contributed by atoms with Crippen molar-refractivity contribution in [3.63, 3.8) is 0 Å². The minimum Gasteiger partial charge on any atom is -0.359 e. The van der Waals surface area contributed by atoms with Crippen molar-refractivity contribution in [1.82, 2.24) is 15.5 Å². The van der Waals surface area contributed by atoms with E-state index in [0.717, 1.165) is 5.56 Å². The highest BCUT2D eigenvalue weighted by molar-refractivity contribution is 6.00. The van der Waals surface area contributed by atoms with Gasteiger partial charge in [-0.25, -0.2) is 4.39 Å². The molecule has 0 aliphatic carbocycles. The maximum atomic E-state index is 13.4. The van der Waals surface area contributed by atoms with Gasteiger partial charge in [-0.05, 0) is 38.5 Å². The molecule has 0 aromatic heterocycles. The summed E-state index contributed by atoms with van der Waals surface area (Å²) in [4.78, 5) is 41.3. The van der Waals surface area contributed by atoms with Crippen LogP contribution in [0.25, 0.3) is 0 Å². The molecule has 2 saturated heterocycles. The van der Waals surface area contributed by atoms with E-state index in [1.807, 2.05) is 20.8 Å². The third-order valence-corrected chi connectivity index (χ3v) is 6.13. The van der Waals surface area contributed by atoms with Gasteiger partial charge < -0.3 is 20.3 Å². The Kier molecular flexibility index (Phi) is 5.45. The Morgan fingerprint density at radius 1 is 1.25 bits per heavy atom. The number of amides is 3. The first kappa shape index (κ1) is 22.2. The van der Waals surface area contributed by atoms with Gasteiger partial charge >= 0.3 is 0 Å². The topological polar surface area (TPSA) is 87.7 Å². The van der Waals surface area contributed by atoms with Crippen molar-refractivity contribution >= 4 is 17.7 Å². The lowest BCUT2D eigenvalue weighted by Crippen LogP contribution is -2.57. The Hall–Kier alpha value is -3.00. The van der Waals surface area contributed by atoms with Crippen LogP contribution in [-0.2, 0) is 25.7 Å². The minimum absolute atomic E-state index is 0.172. The molecule has 3 heterocycles. The molecule has 3 amide bonds. The van der Waals surface area contributed by atoms with Gasteiger partial charge in [0, 0.05) is 18.6 Å². The molecule has 0 radical (unpaired) electrons. The number of nitrogens with one attached hydrogen (secondary N) is 2. The number of carbonyl (C=O) groups excluding carboxylic acids is 3. The first-order chi connectivity index (χ1) is 15.1. The Morgan fingerprint density at radius 3 is 2.56 bits per heavy atom. The zero-order valence-corrected chi connectivity index (χ0v) is 18.4. The molecule has 7 nitrogen and oxygen atoms in total. The van der Waals surface area contributed by atoms with Crippen LogP contribution in [0.3, 0.4) is 0 Å². The van der Waals surface area contributed by atoms with Crippen molar-refractivity contribution in [3.05, 3.63) is 60.5 Å². The maximum absolute atomic E-state index is 13.4. The summed E-state index contributed by atoms with van der Waals surface area (Å²) >= 11 is 0. The minimum atomic E-state index is -1.20. The van der Waals surface area contributed by atoms with E-state index in [-0.39, 0.29) is 36.6 Å². The fraction of sp³-hybridized carbons (Fsp3) is 0.458. The smallest absolute Gasteiger partial charge is 0.246 e. The summed E-state index contributed by atoms with van der Waals surface area (Å²) in [5, 5.41) is 5.78. The van der Waals surface area contributed by atoms with Crippen LogP contribution in [0.1, 0.15) is 26.3 Å². The monoisotopic (exact) mass is 441 g/mol. The van der Waals surface area contributed by atoms with Crippen LogP contribution in [0.4, 0.5) is 4.39 Å². The normalized spacial score (nSPS) is 30.4. The number of likely N-dealkylation sites (tertiary alicyclic amines) is 1.